The Balaban J connectivity index is 2.61. The van der Waals surface area contributed by atoms with E-state index in [-0.39, 0.29) is 0 Å². The summed E-state index contributed by atoms with van der Waals surface area (Å²) in [4.78, 5) is 8.84. The van der Waals surface area contributed by atoms with Crippen LogP contribution in [0.2, 0.25) is 0 Å². The van der Waals surface area contributed by atoms with Gasteiger partial charge < -0.3 is 20.1 Å². The summed E-state index contributed by atoms with van der Waals surface area (Å²) in [7, 11) is 1.24. The van der Waals surface area contributed by atoms with Crippen LogP contribution >= 0.6 is 0 Å². The third-order valence-electron chi connectivity index (χ3n) is 2.01. The SMILES string of the molecule is COO[C@H]1C(O)O[C@@H](C)[C@H](O)[C@H]1O. The maximum absolute atomic E-state index is 9.41. The van der Waals surface area contributed by atoms with E-state index >= 15 is 0 Å². The van der Waals surface area contributed by atoms with Crippen LogP contribution in [0.1, 0.15) is 6.92 Å². The number of hydrogen-bond acceptors (Lipinski definition) is 6. The predicted molar refractivity (Wildman–Crippen MR) is 40.4 cm³/mol. The van der Waals surface area contributed by atoms with Crippen LogP contribution in [-0.2, 0) is 14.5 Å². The highest BCUT2D eigenvalue weighted by Gasteiger charge is 2.43. The lowest BCUT2D eigenvalue weighted by molar-refractivity contribution is -0.390. The summed E-state index contributed by atoms with van der Waals surface area (Å²) < 4.78 is 4.87. The quantitative estimate of drug-likeness (QED) is 0.362. The standard InChI is InChI=1S/C7H14O6/c1-3-4(8)5(9)6(13-11-2)7(10)12-3/h3-10H,1-2H3/t3-,4-,5+,6+,7?/m0/s1. The molecule has 1 unspecified atom stereocenters. The first-order valence-corrected chi connectivity index (χ1v) is 3.97. The lowest BCUT2D eigenvalue weighted by Gasteiger charge is -2.37. The molecule has 0 aromatic rings. The van der Waals surface area contributed by atoms with Gasteiger partial charge in [-0.25, -0.2) is 9.78 Å². The van der Waals surface area contributed by atoms with Gasteiger partial charge in [0.15, 0.2) is 12.4 Å². The van der Waals surface area contributed by atoms with Crippen molar-refractivity contribution in [2.24, 2.45) is 0 Å². The molecule has 78 valence electrons. The molecule has 0 spiro atoms. The molecule has 3 N–H and O–H groups in total. The van der Waals surface area contributed by atoms with Crippen molar-refractivity contribution >= 4 is 0 Å². The second-order valence-corrected chi connectivity index (χ2v) is 2.94. The Morgan fingerprint density at radius 1 is 1.15 bits per heavy atom. The van der Waals surface area contributed by atoms with Gasteiger partial charge in [0.2, 0.25) is 0 Å². The van der Waals surface area contributed by atoms with Crippen molar-refractivity contribution in [3.63, 3.8) is 0 Å². The fourth-order valence-electron chi connectivity index (χ4n) is 1.23. The molecule has 0 aromatic carbocycles. The molecule has 1 aliphatic rings. The van der Waals surface area contributed by atoms with Gasteiger partial charge in [0.05, 0.1) is 13.2 Å². The predicted octanol–water partition coefficient (Wildman–Crippen LogP) is -1.61. The summed E-state index contributed by atoms with van der Waals surface area (Å²) in [6, 6.07) is 0. The first kappa shape index (κ1) is 10.8. The number of ether oxygens (including phenoxy) is 1. The second kappa shape index (κ2) is 4.32. The molecule has 6 heteroatoms. The molecule has 1 fully saturated rings. The van der Waals surface area contributed by atoms with Gasteiger partial charge in [-0.15, -0.1) is 0 Å². The van der Waals surface area contributed by atoms with Gasteiger partial charge in [-0.3, -0.25) is 0 Å². The Kier molecular flexibility index (Phi) is 3.60. The molecule has 0 aliphatic carbocycles. The first-order valence-electron chi connectivity index (χ1n) is 3.97. The molecular weight excluding hydrogens is 180 g/mol. The van der Waals surface area contributed by atoms with Crippen molar-refractivity contribution in [3.05, 3.63) is 0 Å². The Morgan fingerprint density at radius 2 is 1.77 bits per heavy atom. The molecule has 0 aromatic heterocycles. The van der Waals surface area contributed by atoms with E-state index in [9.17, 15) is 15.3 Å². The Bertz CT molecular complexity index is 163. The highest BCUT2D eigenvalue weighted by atomic mass is 17.2. The number of hydrogen-bond donors (Lipinski definition) is 3. The van der Waals surface area contributed by atoms with E-state index in [4.69, 9.17) is 4.74 Å². The molecule has 0 radical (unpaired) electrons. The lowest BCUT2D eigenvalue weighted by Crippen LogP contribution is -2.57. The minimum Gasteiger partial charge on any atom is -0.388 e. The minimum atomic E-state index is -1.30. The highest BCUT2D eigenvalue weighted by molar-refractivity contribution is 4.86. The van der Waals surface area contributed by atoms with Crippen molar-refractivity contribution in [1.82, 2.24) is 0 Å². The average molecular weight is 194 g/mol. The van der Waals surface area contributed by atoms with E-state index in [1.54, 1.807) is 6.92 Å². The molecule has 1 saturated heterocycles. The molecule has 0 saturated carbocycles. The van der Waals surface area contributed by atoms with Crippen LogP contribution in [0.4, 0.5) is 0 Å². The van der Waals surface area contributed by atoms with E-state index in [2.05, 4.69) is 9.78 Å². The maximum atomic E-state index is 9.41. The van der Waals surface area contributed by atoms with Crippen LogP contribution in [0.15, 0.2) is 0 Å². The summed E-state index contributed by atoms with van der Waals surface area (Å²) in [5.74, 6) is 0. The van der Waals surface area contributed by atoms with E-state index in [0.717, 1.165) is 0 Å². The van der Waals surface area contributed by atoms with Crippen molar-refractivity contribution in [3.8, 4) is 0 Å². The molecule has 1 heterocycles. The fraction of sp³-hybridized carbons (Fsp3) is 1.00. The molecule has 0 amide bonds. The number of rotatable bonds is 2. The molecule has 5 atom stereocenters. The van der Waals surface area contributed by atoms with Crippen molar-refractivity contribution in [1.29, 1.82) is 0 Å². The molecule has 13 heavy (non-hydrogen) atoms. The van der Waals surface area contributed by atoms with Crippen LogP contribution in [0.5, 0.6) is 0 Å². The van der Waals surface area contributed by atoms with E-state index < -0.39 is 30.7 Å². The zero-order chi connectivity index (χ0) is 10.0. The average Bonchev–Trinajstić information content (AvgIpc) is 2.09. The molecule has 0 bridgehead atoms. The Labute approximate surface area is 75.6 Å². The van der Waals surface area contributed by atoms with Gasteiger partial charge in [0.1, 0.15) is 12.2 Å². The molecule has 6 nitrogen and oxygen atoms in total. The van der Waals surface area contributed by atoms with Gasteiger partial charge in [-0.2, -0.15) is 0 Å². The lowest BCUT2D eigenvalue weighted by atomic mass is 10.0. The van der Waals surface area contributed by atoms with Crippen molar-refractivity contribution < 1.29 is 29.8 Å². The third kappa shape index (κ3) is 2.16. The van der Waals surface area contributed by atoms with Crippen LogP contribution in [-0.4, -0.2) is 53.1 Å². The van der Waals surface area contributed by atoms with Crippen LogP contribution in [0.25, 0.3) is 0 Å². The van der Waals surface area contributed by atoms with Gasteiger partial charge in [-0.05, 0) is 6.92 Å². The second-order valence-electron chi connectivity index (χ2n) is 2.94. The molecular formula is C7H14O6. The summed E-state index contributed by atoms with van der Waals surface area (Å²) in [5, 5.41) is 28.0. The van der Waals surface area contributed by atoms with Gasteiger partial charge in [0.25, 0.3) is 0 Å². The van der Waals surface area contributed by atoms with Gasteiger partial charge in [0, 0.05) is 0 Å². The summed E-state index contributed by atoms with van der Waals surface area (Å²) in [5.41, 5.74) is 0. The Hall–Kier alpha value is -0.240. The van der Waals surface area contributed by atoms with Crippen molar-refractivity contribution in [2.75, 3.05) is 7.11 Å². The smallest absolute Gasteiger partial charge is 0.187 e. The van der Waals surface area contributed by atoms with Crippen LogP contribution in [0, 0.1) is 0 Å². The normalized spacial score (nSPS) is 46.4. The molecule has 1 rings (SSSR count). The van der Waals surface area contributed by atoms with Crippen LogP contribution in [0.3, 0.4) is 0 Å². The number of aliphatic hydroxyl groups is 3. The van der Waals surface area contributed by atoms with E-state index in [1.807, 2.05) is 0 Å². The summed E-state index contributed by atoms with van der Waals surface area (Å²) >= 11 is 0. The number of aliphatic hydroxyl groups excluding tert-OH is 3. The minimum absolute atomic E-state index is 0.637. The largest absolute Gasteiger partial charge is 0.388 e. The first-order chi connectivity index (χ1) is 6.07. The monoisotopic (exact) mass is 194 g/mol. The van der Waals surface area contributed by atoms with Gasteiger partial charge in [-0.1, -0.05) is 0 Å². The van der Waals surface area contributed by atoms with Crippen molar-refractivity contribution in [2.45, 2.75) is 37.6 Å². The zero-order valence-electron chi connectivity index (χ0n) is 7.45. The summed E-state index contributed by atoms with van der Waals surface area (Å²) in [6.07, 6.45) is -5.34. The molecule has 1 aliphatic heterocycles. The van der Waals surface area contributed by atoms with Gasteiger partial charge >= 0.3 is 0 Å². The zero-order valence-corrected chi connectivity index (χ0v) is 7.45. The highest BCUT2D eigenvalue weighted by Crippen LogP contribution is 2.21. The Morgan fingerprint density at radius 3 is 2.31 bits per heavy atom. The fourth-order valence-corrected chi connectivity index (χ4v) is 1.23. The van der Waals surface area contributed by atoms with E-state index in [0.29, 0.717) is 0 Å². The third-order valence-corrected chi connectivity index (χ3v) is 2.01. The summed E-state index contributed by atoms with van der Waals surface area (Å²) in [6.45, 7) is 1.54. The topological polar surface area (TPSA) is 88.4 Å². The van der Waals surface area contributed by atoms with Crippen LogP contribution < -0.4 is 0 Å². The maximum Gasteiger partial charge on any atom is 0.187 e. The van der Waals surface area contributed by atoms with E-state index in [1.165, 1.54) is 7.11 Å².